The van der Waals surface area contributed by atoms with Crippen LogP contribution in [-0.2, 0) is 4.79 Å². The summed E-state index contributed by atoms with van der Waals surface area (Å²) in [5.74, 6) is -0.293. The molecule has 0 aliphatic carbocycles. The third-order valence-corrected chi connectivity index (χ3v) is 4.87. The van der Waals surface area contributed by atoms with E-state index < -0.39 is 0 Å². The number of hydrogen-bond donors (Lipinski definition) is 2. The van der Waals surface area contributed by atoms with Crippen LogP contribution in [0.4, 0.5) is 5.69 Å². The first-order valence-corrected chi connectivity index (χ1v) is 9.17. The maximum atomic E-state index is 12.3. The van der Waals surface area contributed by atoms with Crippen LogP contribution in [0.5, 0.6) is 0 Å². The van der Waals surface area contributed by atoms with Gasteiger partial charge < -0.3 is 10.6 Å². The number of carbonyl (C=O) groups is 2. The average Bonchev–Trinajstić information content (AvgIpc) is 2.57. The largest absolute Gasteiger partial charge is 0.350 e. The van der Waals surface area contributed by atoms with Gasteiger partial charge in [-0.05, 0) is 50.6 Å². The molecule has 4 nitrogen and oxygen atoms in total. The highest BCUT2D eigenvalue weighted by molar-refractivity contribution is 7.99. The van der Waals surface area contributed by atoms with Crippen LogP contribution in [0, 0.1) is 6.92 Å². The van der Waals surface area contributed by atoms with E-state index in [1.807, 2.05) is 51.1 Å². The number of amides is 2. The Morgan fingerprint density at radius 3 is 2.40 bits per heavy atom. The lowest BCUT2D eigenvalue weighted by Crippen LogP contribution is -2.31. The molecule has 0 aromatic heterocycles. The Morgan fingerprint density at radius 1 is 1.12 bits per heavy atom. The van der Waals surface area contributed by atoms with Gasteiger partial charge in [0.15, 0.2) is 0 Å². The van der Waals surface area contributed by atoms with Crippen molar-refractivity contribution in [1.29, 1.82) is 0 Å². The van der Waals surface area contributed by atoms with E-state index in [4.69, 9.17) is 0 Å². The molecule has 0 aliphatic rings. The highest BCUT2D eigenvalue weighted by atomic mass is 32.2. The fourth-order valence-electron chi connectivity index (χ4n) is 2.19. The maximum absolute atomic E-state index is 12.3. The second kappa shape index (κ2) is 8.72. The second-order valence-corrected chi connectivity index (χ2v) is 7.21. The summed E-state index contributed by atoms with van der Waals surface area (Å²) in [6.07, 6.45) is 0.867. The predicted molar refractivity (Wildman–Crippen MR) is 103 cm³/mol. The van der Waals surface area contributed by atoms with Crippen LogP contribution in [0.25, 0.3) is 0 Å². The Balaban J connectivity index is 2.28. The molecule has 2 amide bonds. The third kappa shape index (κ3) is 5.64. The van der Waals surface area contributed by atoms with Gasteiger partial charge in [0.1, 0.15) is 0 Å². The normalized spacial score (nSPS) is 11.7. The molecule has 2 N–H and O–H groups in total. The van der Waals surface area contributed by atoms with Gasteiger partial charge >= 0.3 is 0 Å². The summed E-state index contributed by atoms with van der Waals surface area (Å²) < 4.78 is 0. The zero-order chi connectivity index (χ0) is 18.4. The van der Waals surface area contributed by atoms with Crippen molar-refractivity contribution < 1.29 is 9.59 Å². The minimum Gasteiger partial charge on any atom is -0.350 e. The van der Waals surface area contributed by atoms with Crippen molar-refractivity contribution in [2.24, 2.45) is 0 Å². The summed E-state index contributed by atoms with van der Waals surface area (Å²) in [7, 11) is 0. The average molecular weight is 356 g/mol. The van der Waals surface area contributed by atoms with Crippen LogP contribution in [0.1, 0.15) is 43.1 Å². The Bertz CT molecular complexity index is 757. The van der Waals surface area contributed by atoms with Gasteiger partial charge in [0, 0.05) is 28.3 Å². The molecule has 2 aromatic rings. The van der Waals surface area contributed by atoms with Crippen LogP contribution >= 0.6 is 11.8 Å². The van der Waals surface area contributed by atoms with Crippen LogP contribution in [0.3, 0.4) is 0 Å². The minimum absolute atomic E-state index is 0.110. The van der Waals surface area contributed by atoms with Gasteiger partial charge in [0.05, 0.1) is 5.69 Å². The third-order valence-electron chi connectivity index (χ3n) is 3.79. The van der Waals surface area contributed by atoms with Crippen molar-refractivity contribution in [2.75, 3.05) is 5.32 Å². The Labute approximate surface area is 153 Å². The zero-order valence-corrected chi connectivity index (χ0v) is 15.9. The summed E-state index contributed by atoms with van der Waals surface area (Å²) in [6.45, 7) is 7.50. The molecule has 0 spiro atoms. The molecular formula is C20H24N2O2S. The first kappa shape index (κ1) is 19.1. The van der Waals surface area contributed by atoms with Gasteiger partial charge in [-0.1, -0.05) is 36.4 Å². The molecule has 25 heavy (non-hydrogen) atoms. The second-order valence-electron chi connectivity index (χ2n) is 6.09. The lowest BCUT2D eigenvalue weighted by atomic mass is 10.1. The summed E-state index contributed by atoms with van der Waals surface area (Å²) >= 11 is 1.56. The predicted octanol–water partition coefficient (Wildman–Crippen LogP) is 4.63. The van der Waals surface area contributed by atoms with E-state index in [2.05, 4.69) is 10.6 Å². The molecule has 0 aliphatic heterocycles. The van der Waals surface area contributed by atoms with E-state index >= 15 is 0 Å². The molecule has 0 bridgehead atoms. The van der Waals surface area contributed by atoms with Crippen LogP contribution in [0.15, 0.2) is 52.3 Å². The number of benzene rings is 2. The molecule has 0 radical (unpaired) electrons. The van der Waals surface area contributed by atoms with Crippen molar-refractivity contribution in [1.82, 2.24) is 5.32 Å². The Kier molecular flexibility index (Phi) is 6.65. The summed E-state index contributed by atoms with van der Waals surface area (Å²) in [4.78, 5) is 25.9. The first-order chi connectivity index (χ1) is 11.9. The maximum Gasteiger partial charge on any atom is 0.251 e. The molecular weight excluding hydrogens is 332 g/mol. The number of anilines is 1. The molecule has 132 valence electrons. The van der Waals surface area contributed by atoms with Gasteiger partial charge in [-0.15, -0.1) is 0 Å². The van der Waals surface area contributed by atoms with Crippen molar-refractivity contribution in [2.45, 2.75) is 49.9 Å². The molecule has 5 heteroatoms. The standard InChI is InChI=1S/C20H24N2O2S/c1-5-14(3)21-20(24)16-8-11-19(18(12-16)22-15(4)23)25-17-9-6-13(2)7-10-17/h6-12,14H,5H2,1-4H3,(H,21,24)(H,22,23)/t14-/m0/s1. The Morgan fingerprint density at radius 2 is 1.80 bits per heavy atom. The van der Waals surface area contributed by atoms with Crippen LogP contribution in [-0.4, -0.2) is 17.9 Å². The SMILES string of the molecule is CC[C@H](C)NC(=O)c1ccc(Sc2ccc(C)cc2)c(NC(C)=O)c1. The number of rotatable bonds is 6. The molecule has 0 saturated heterocycles. The molecule has 0 heterocycles. The Hall–Kier alpha value is -2.27. The van der Waals surface area contributed by atoms with Gasteiger partial charge in [0.25, 0.3) is 5.91 Å². The first-order valence-electron chi connectivity index (χ1n) is 8.36. The molecule has 1 atom stereocenters. The highest BCUT2D eigenvalue weighted by Gasteiger charge is 2.13. The monoisotopic (exact) mass is 356 g/mol. The topological polar surface area (TPSA) is 58.2 Å². The lowest BCUT2D eigenvalue weighted by molar-refractivity contribution is -0.114. The van der Waals surface area contributed by atoms with E-state index in [1.54, 1.807) is 23.9 Å². The van der Waals surface area contributed by atoms with E-state index in [9.17, 15) is 9.59 Å². The number of nitrogens with one attached hydrogen (secondary N) is 2. The minimum atomic E-state index is -0.162. The molecule has 0 fully saturated rings. The van der Waals surface area contributed by atoms with E-state index in [0.29, 0.717) is 11.3 Å². The quantitative estimate of drug-likeness (QED) is 0.793. The van der Waals surface area contributed by atoms with E-state index in [0.717, 1.165) is 16.2 Å². The van der Waals surface area contributed by atoms with Crippen LogP contribution < -0.4 is 10.6 Å². The van der Waals surface area contributed by atoms with E-state index in [-0.39, 0.29) is 17.9 Å². The zero-order valence-electron chi connectivity index (χ0n) is 15.1. The number of hydrogen-bond acceptors (Lipinski definition) is 3. The van der Waals surface area contributed by atoms with Gasteiger partial charge in [0.2, 0.25) is 5.91 Å². The van der Waals surface area contributed by atoms with Crippen molar-refractivity contribution in [3.8, 4) is 0 Å². The summed E-state index contributed by atoms with van der Waals surface area (Å²) in [5.41, 5.74) is 2.38. The molecule has 0 saturated carbocycles. The van der Waals surface area contributed by atoms with Crippen LogP contribution in [0.2, 0.25) is 0 Å². The fourth-order valence-corrected chi connectivity index (χ4v) is 3.07. The van der Waals surface area contributed by atoms with Crippen molar-refractivity contribution >= 4 is 29.3 Å². The highest BCUT2D eigenvalue weighted by Crippen LogP contribution is 2.34. The summed E-state index contributed by atoms with van der Waals surface area (Å²) in [6, 6.07) is 13.7. The molecule has 0 unspecified atom stereocenters. The van der Waals surface area contributed by atoms with Crippen molar-refractivity contribution in [3.05, 3.63) is 53.6 Å². The lowest BCUT2D eigenvalue weighted by Gasteiger charge is -2.14. The summed E-state index contributed by atoms with van der Waals surface area (Å²) in [5, 5.41) is 5.77. The molecule has 2 rings (SSSR count). The smallest absolute Gasteiger partial charge is 0.251 e. The number of carbonyl (C=O) groups excluding carboxylic acids is 2. The molecule has 2 aromatic carbocycles. The van der Waals surface area contributed by atoms with Gasteiger partial charge in [-0.3, -0.25) is 9.59 Å². The van der Waals surface area contributed by atoms with Crippen molar-refractivity contribution in [3.63, 3.8) is 0 Å². The fraction of sp³-hybridized carbons (Fsp3) is 0.300. The van der Waals surface area contributed by atoms with Gasteiger partial charge in [-0.25, -0.2) is 0 Å². The van der Waals surface area contributed by atoms with Gasteiger partial charge in [-0.2, -0.15) is 0 Å². The van der Waals surface area contributed by atoms with E-state index in [1.165, 1.54) is 12.5 Å². The number of aryl methyl sites for hydroxylation is 1.